The molecule has 132 valence electrons. The van der Waals surface area contributed by atoms with Gasteiger partial charge >= 0.3 is 0 Å². The van der Waals surface area contributed by atoms with Gasteiger partial charge in [-0.15, -0.1) is 24.8 Å². The van der Waals surface area contributed by atoms with E-state index in [-0.39, 0.29) is 30.7 Å². The molecular formula is C17H23Cl2N3O2. The summed E-state index contributed by atoms with van der Waals surface area (Å²) in [5.41, 5.74) is 7.47. The van der Waals surface area contributed by atoms with E-state index >= 15 is 0 Å². The van der Waals surface area contributed by atoms with E-state index in [9.17, 15) is 4.79 Å². The zero-order chi connectivity index (χ0) is 15.9. The lowest BCUT2D eigenvalue weighted by Gasteiger charge is -2.10. The molecular weight excluding hydrogens is 349 g/mol. The molecule has 0 aliphatic heterocycles. The van der Waals surface area contributed by atoms with Gasteiger partial charge < -0.3 is 15.8 Å². The maximum Gasteiger partial charge on any atom is 0.241 e. The van der Waals surface area contributed by atoms with Crippen molar-refractivity contribution in [2.45, 2.75) is 32.7 Å². The first-order chi connectivity index (χ1) is 10.6. The van der Waals surface area contributed by atoms with Gasteiger partial charge in [-0.1, -0.05) is 26.0 Å². The van der Waals surface area contributed by atoms with Crippen molar-refractivity contribution in [1.29, 1.82) is 0 Å². The van der Waals surface area contributed by atoms with Crippen LogP contribution in [-0.2, 0) is 11.2 Å². The van der Waals surface area contributed by atoms with Crippen molar-refractivity contribution in [2.24, 2.45) is 5.73 Å². The lowest BCUT2D eigenvalue weighted by Crippen LogP contribution is -2.34. The average molecular weight is 372 g/mol. The molecule has 3 N–H and O–H groups in total. The summed E-state index contributed by atoms with van der Waals surface area (Å²) in [5, 5.41) is 2.72. The molecule has 1 amide bonds. The van der Waals surface area contributed by atoms with Gasteiger partial charge in [0.15, 0.2) is 0 Å². The van der Waals surface area contributed by atoms with E-state index in [4.69, 9.17) is 10.5 Å². The zero-order valence-electron chi connectivity index (χ0n) is 13.7. The minimum absolute atomic E-state index is 0. The number of nitrogens with zero attached hydrogens (tertiary/aromatic N) is 1. The second-order valence-electron chi connectivity index (χ2n) is 4.99. The number of pyridine rings is 1. The standard InChI is InChI=1S/C17H21N3O2.2ClH/c1-3-12-6-5-7-14(10-12)22-16-9-8-13(11-19-16)20-17(21)15(18)4-2;;/h5-11,15H,3-4,18H2,1-2H3,(H,20,21);2*1H/t15-;;/m0../s1. The van der Waals surface area contributed by atoms with Crippen molar-refractivity contribution in [3.63, 3.8) is 0 Å². The minimum atomic E-state index is -0.507. The number of hydrogen-bond donors (Lipinski definition) is 2. The number of nitrogens with two attached hydrogens (primary N) is 1. The third-order valence-corrected chi connectivity index (χ3v) is 3.31. The van der Waals surface area contributed by atoms with Crippen LogP contribution in [0.5, 0.6) is 11.6 Å². The van der Waals surface area contributed by atoms with Crippen molar-refractivity contribution in [1.82, 2.24) is 4.98 Å². The first-order valence-corrected chi connectivity index (χ1v) is 7.41. The van der Waals surface area contributed by atoms with Crippen LogP contribution in [-0.4, -0.2) is 16.9 Å². The van der Waals surface area contributed by atoms with Crippen molar-refractivity contribution in [2.75, 3.05) is 5.32 Å². The highest BCUT2D eigenvalue weighted by Gasteiger charge is 2.11. The molecule has 7 heteroatoms. The zero-order valence-corrected chi connectivity index (χ0v) is 15.3. The Morgan fingerprint density at radius 3 is 2.58 bits per heavy atom. The van der Waals surface area contributed by atoms with E-state index in [1.807, 2.05) is 25.1 Å². The number of aryl methyl sites for hydroxylation is 1. The summed E-state index contributed by atoms with van der Waals surface area (Å²) in [5.74, 6) is 1.01. The Labute approximate surface area is 154 Å². The second-order valence-corrected chi connectivity index (χ2v) is 4.99. The molecule has 24 heavy (non-hydrogen) atoms. The van der Waals surface area contributed by atoms with Crippen LogP contribution in [0, 0.1) is 0 Å². The maximum atomic E-state index is 11.7. The predicted octanol–water partition coefficient (Wildman–Crippen LogP) is 3.96. The highest BCUT2D eigenvalue weighted by atomic mass is 35.5. The van der Waals surface area contributed by atoms with Gasteiger partial charge in [0.25, 0.3) is 0 Å². The van der Waals surface area contributed by atoms with E-state index in [2.05, 4.69) is 23.3 Å². The number of ether oxygens (including phenoxy) is 1. The number of nitrogens with one attached hydrogen (secondary N) is 1. The molecule has 0 unspecified atom stereocenters. The largest absolute Gasteiger partial charge is 0.439 e. The highest BCUT2D eigenvalue weighted by molar-refractivity contribution is 5.94. The SMILES string of the molecule is CCc1cccc(Oc2ccc(NC(=O)[C@@H](N)CC)cn2)c1.Cl.Cl. The molecule has 0 radical (unpaired) electrons. The normalized spacial score (nSPS) is 10.8. The van der Waals surface area contributed by atoms with Crippen LogP contribution in [0.3, 0.4) is 0 Å². The van der Waals surface area contributed by atoms with Crippen LogP contribution in [0.4, 0.5) is 5.69 Å². The van der Waals surface area contributed by atoms with E-state index in [0.717, 1.165) is 12.2 Å². The molecule has 1 aromatic carbocycles. The summed E-state index contributed by atoms with van der Waals surface area (Å²) in [6.45, 7) is 3.96. The second kappa shape index (κ2) is 10.9. The monoisotopic (exact) mass is 371 g/mol. The van der Waals surface area contributed by atoms with Crippen LogP contribution in [0.1, 0.15) is 25.8 Å². The van der Waals surface area contributed by atoms with Gasteiger partial charge in [0, 0.05) is 6.07 Å². The highest BCUT2D eigenvalue weighted by Crippen LogP contribution is 2.21. The fourth-order valence-corrected chi connectivity index (χ4v) is 1.88. The quantitative estimate of drug-likeness (QED) is 0.805. The number of aromatic nitrogens is 1. The van der Waals surface area contributed by atoms with E-state index in [1.165, 1.54) is 5.56 Å². The molecule has 0 aliphatic rings. The molecule has 5 nitrogen and oxygen atoms in total. The van der Waals surface area contributed by atoms with Crippen LogP contribution in [0.15, 0.2) is 42.6 Å². The van der Waals surface area contributed by atoms with Crippen LogP contribution < -0.4 is 15.8 Å². The Morgan fingerprint density at radius 2 is 2.00 bits per heavy atom. The summed E-state index contributed by atoms with van der Waals surface area (Å²) in [7, 11) is 0. The third-order valence-electron chi connectivity index (χ3n) is 3.31. The Balaban J connectivity index is 0.00000264. The van der Waals surface area contributed by atoms with E-state index in [0.29, 0.717) is 18.0 Å². The van der Waals surface area contributed by atoms with E-state index < -0.39 is 6.04 Å². The summed E-state index contributed by atoms with van der Waals surface area (Å²) >= 11 is 0. The van der Waals surface area contributed by atoms with Crippen molar-refractivity contribution < 1.29 is 9.53 Å². The molecule has 0 spiro atoms. The number of carbonyl (C=O) groups excluding carboxylic acids is 1. The van der Waals surface area contributed by atoms with Gasteiger partial charge in [0.05, 0.1) is 17.9 Å². The van der Waals surface area contributed by atoms with Crippen LogP contribution >= 0.6 is 24.8 Å². The molecule has 0 saturated carbocycles. The number of carbonyl (C=O) groups is 1. The summed E-state index contributed by atoms with van der Waals surface area (Å²) in [6.07, 6.45) is 3.10. The number of amides is 1. The molecule has 0 bridgehead atoms. The van der Waals surface area contributed by atoms with Crippen LogP contribution in [0.2, 0.25) is 0 Å². The summed E-state index contributed by atoms with van der Waals surface area (Å²) in [4.78, 5) is 15.9. The van der Waals surface area contributed by atoms with Gasteiger partial charge in [-0.2, -0.15) is 0 Å². The third kappa shape index (κ3) is 6.35. The Bertz CT molecular complexity index is 636. The van der Waals surface area contributed by atoms with E-state index in [1.54, 1.807) is 18.3 Å². The van der Waals surface area contributed by atoms with Crippen molar-refractivity contribution in [3.8, 4) is 11.6 Å². The molecule has 2 aromatic rings. The number of halogens is 2. The number of benzene rings is 1. The number of anilines is 1. The first kappa shape index (κ1) is 22.2. The number of hydrogen-bond acceptors (Lipinski definition) is 4. The molecule has 0 aliphatic carbocycles. The fourth-order valence-electron chi connectivity index (χ4n) is 1.88. The molecule has 2 rings (SSSR count). The van der Waals surface area contributed by atoms with Crippen molar-refractivity contribution >= 4 is 36.4 Å². The smallest absolute Gasteiger partial charge is 0.241 e. The molecule has 1 aromatic heterocycles. The Kier molecular flexibility index (Phi) is 10.0. The molecule has 1 atom stereocenters. The topological polar surface area (TPSA) is 77.2 Å². The van der Waals surface area contributed by atoms with Crippen LogP contribution in [0.25, 0.3) is 0 Å². The van der Waals surface area contributed by atoms with Crippen molar-refractivity contribution in [3.05, 3.63) is 48.2 Å². The average Bonchev–Trinajstić information content (AvgIpc) is 2.56. The summed E-state index contributed by atoms with van der Waals surface area (Å²) < 4.78 is 5.70. The minimum Gasteiger partial charge on any atom is -0.439 e. The lowest BCUT2D eigenvalue weighted by molar-refractivity contribution is -0.117. The van der Waals surface area contributed by atoms with Gasteiger partial charge in [-0.3, -0.25) is 4.79 Å². The van der Waals surface area contributed by atoms with Gasteiger partial charge in [0.2, 0.25) is 11.8 Å². The van der Waals surface area contributed by atoms with Gasteiger partial charge in [-0.05, 0) is 36.6 Å². The Morgan fingerprint density at radius 1 is 1.25 bits per heavy atom. The number of rotatable bonds is 6. The molecule has 0 saturated heterocycles. The molecule has 1 heterocycles. The van der Waals surface area contributed by atoms with Gasteiger partial charge in [0.1, 0.15) is 5.75 Å². The first-order valence-electron chi connectivity index (χ1n) is 7.41. The van der Waals surface area contributed by atoms with Gasteiger partial charge in [-0.25, -0.2) is 4.98 Å². The Hall–Kier alpha value is -1.82. The maximum absolute atomic E-state index is 11.7. The molecule has 0 fully saturated rings. The summed E-state index contributed by atoms with van der Waals surface area (Å²) in [6, 6.07) is 10.8. The lowest BCUT2D eigenvalue weighted by atomic mass is 10.2. The fraction of sp³-hybridized carbons (Fsp3) is 0.294. The predicted molar refractivity (Wildman–Crippen MR) is 102 cm³/mol.